The van der Waals surface area contributed by atoms with Crippen LogP contribution < -0.4 is 4.57 Å². The number of nitrogens with zero attached hydrogens (tertiary/aromatic N) is 2. The third kappa shape index (κ3) is 1.53. The molecule has 2 heteroatoms. The Morgan fingerprint density at radius 1 is 1.50 bits per heavy atom. The van der Waals surface area contributed by atoms with Gasteiger partial charge in [0.05, 0.1) is 13.2 Å². The standard InChI is InChI=1S/C8H13N2/c1-7(2)8-4-5-10(3)6-9-8/h4-7H,1-3H3/q+1. The van der Waals surface area contributed by atoms with Crippen molar-refractivity contribution < 1.29 is 4.57 Å². The maximum absolute atomic E-state index is 4.24. The monoisotopic (exact) mass is 137 g/mol. The van der Waals surface area contributed by atoms with Crippen LogP contribution in [0.2, 0.25) is 0 Å². The molecule has 1 aromatic heterocycles. The molecular formula is C8H13N2+. The third-order valence-electron chi connectivity index (χ3n) is 1.46. The smallest absolute Gasteiger partial charge is 0.240 e. The molecule has 1 aromatic rings. The summed E-state index contributed by atoms with van der Waals surface area (Å²) < 4.78 is 1.94. The normalized spacial score (nSPS) is 10.4. The fraction of sp³-hybridized carbons (Fsp3) is 0.500. The highest BCUT2D eigenvalue weighted by atomic mass is 15.0. The van der Waals surface area contributed by atoms with E-state index in [4.69, 9.17) is 0 Å². The van der Waals surface area contributed by atoms with Crippen molar-refractivity contribution in [2.24, 2.45) is 7.05 Å². The van der Waals surface area contributed by atoms with Gasteiger partial charge in [-0.2, -0.15) is 0 Å². The molecule has 0 aliphatic carbocycles. The average Bonchev–Trinajstić information content (AvgIpc) is 1.88. The first-order chi connectivity index (χ1) is 4.70. The maximum atomic E-state index is 4.24. The van der Waals surface area contributed by atoms with Gasteiger partial charge in [0, 0.05) is 12.0 Å². The third-order valence-corrected chi connectivity index (χ3v) is 1.46. The second-order valence-electron chi connectivity index (χ2n) is 2.81. The topological polar surface area (TPSA) is 16.8 Å². The summed E-state index contributed by atoms with van der Waals surface area (Å²) in [7, 11) is 1.97. The lowest BCUT2D eigenvalue weighted by Crippen LogP contribution is -2.27. The molecule has 0 saturated heterocycles. The summed E-state index contributed by atoms with van der Waals surface area (Å²) in [5.74, 6) is 0.529. The van der Waals surface area contributed by atoms with Crippen LogP contribution in [0.3, 0.4) is 0 Å². The molecule has 0 fully saturated rings. The highest BCUT2D eigenvalue weighted by molar-refractivity contribution is 5.00. The van der Waals surface area contributed by atoms with Gasteiger partial charge in [-0.05, 0) is 0 Å². The van der Waals surface area contributed by atoms with Gasteiger partial charge in [0.2, 0.25) is 0 Å². The van der Waals surface area contributed by atoms with Gasteiger partial charge in [-0.1, -0.05) is 18.8 Å². The summed E-state index contributed by atoms with van der Waals surface area (Å²) in [5.41, 5.74) is 1.15. The number of aromatic nitrogens is 2. The van der Waals surface area contributed by atoms with Gasteiger partial charge in [-0.15, -0.1) is 0 Å². The molecule has 0 aliphatic heterocycles. The molecule has 10 heavy (non-hydrogen) atoms. The van der Waals surface area contributed by atoms with Crippen molar-refractivity contribution in [2.45, 2.75) is 19.8 Å². The Morgan fingerprint density at radius 2 is 2.20 bits per heavy atom. The van der Waals surface area contributed by atoms with Gasteiger partial charge in [-0.25, -0.2) is 4.57 Å². The quantitative estimate of drug-likeness (QED) is 0.528. The SMILES string of the molecule is CC(C)c1cc[n+](C)cn1. The molecule has 0 unspecified atom stereocenters. The molecule has 0 aromatic carbocycles. The second-order valence-corrected chi connectivity index (χ2v) is 2.81. The predicted molar refractivity (Wildman–Crippen MR) is 39.5 cm³/mol. The van der Waals surface area contributed by atoms with Crippen molar-refractivity contribution in [1.82, 2.24) is 4.98 Å². The summed E-state index contributed by atoms with van der Waals surface area (Å²) in [6, 6.07) is 2.05. The first-order valence-corrected chi connectivity index (χ1v) is 3.51. The van der Waals surface area contributed by atoms with Crippen LogP contribution in [0.5, 0.6) is 0 Å². The molecule has 0 amide bonds. The summed E-state index contributed by atoms with van der Waals surface area (Å²) in [5, 5.41) is 0. The minimum absolute atomic E-state index is 0.529. The van der Waals surface area contributed by atoms with Crippen molar-refractivity contribution in [1.29, 1.82) is 0 Å². The van der Waals surface area contributed by atoms with Gasteiger partial charge >= 0.3 is 0 Å². The van der Waals surface area contributed by atoms with E-state index in [1.54, 1.807) is 0 Å². The van der Waals surface area contributed by atoms with E-state index in [0.717, 1.165) is 5.69 Å². The molecule has 0 atom stereocenters. The fourth-order valence-corrected chi connectivity index (χ4v) is 0.775. The second kappa shape index (κ2) is 2.78. The summed E-state index contributed by atoms with van der Waals surface area (Å²) in [6.45, 7) is 4.28. The van der Waals surface area contributed by atoms with Crippen LogP contribution >= 0.6 is 0 Å². The Hall–Kier alpha value is -0.920. The van der Waals surface area contributed by atoms with Gasteiger partial charge in [0.25, 0.3) is 6.33 Å². The largest absolute Gasteiger partial charge is 0.286 e. The summed E-state index contributed by atoms with van der Waals surface area (Å²) in [4.78, 5) is 4.24. The average molecular weight is 137 g/mol. The predicted octanol–water partition coefficient (Wildman–Crippen LogP) is 1.03. The first-order valence-electron chi connectivity index (χ1n) is 3.51. The number of hydrogen-bond acceptors (Lipinski definition) is 1. The first kappa shape index (κ1) is 7.19. The summed E-state index contributed by atoms with van der Waals surface area (Å²) >= 11 is 0. The van der Waals surface area contributed by atoms with Gasteiger partial charge < -0.3 is 0 Å². The number of aryl methyl sites for hydroxylation is 1. The Morgan fingerprint density at radius 3 is 2.60 bits per heavy atom. The van der Waals surface area contributed by atoms with Gasteiger partial charge in [0.1, 0.15) is 0 Å². The number of hydrogen-bond donors (Lipinski definition) is 0. The van der Waals surface area contributed by atoms with Crippen molar-refractivity contribution in [2.75, 3.05) is 0 Å². The molecule has 54 valence electrons. The molecule has 0 N–H and O–H groups in total. The molecule has 0 radical (unpaired) electrons. The van der Waals surface area contributed by atoms with Gasteiger partial charge in [0.15, 0.2) is 5.69 Å². The maximum Gasteiger partial charge on any atom is 0.286 e. The molecule has 0 spiro atoms. The van der Waals surface area contributed by atoms with E-state index in [-0.39, 0.29) is 0 Å². The minimum Gasteiger partial charge on any atom is -0.240 e. The molecule has 1 heterocycles. The van der Waals surface area contributed by atoms with Crippen LogP contribution in [0.1, 0.15) is 25.5 Å². The molecule has 0 saturated carbocycles. The lowest BCUT2D eigenvalue weighted by molar-refractivity contribution is -0.674. The van der Waals surface area contributed by atoms with Crippen LogP contribution in [0.15, 0.2) is 18.6 Å². The lowest BCUT2D eigenvalue weighted by Gasteiger charge is -1.95. The minimum atomic E-state index is 0.529. The van der Waals surface area contributed by atoms with Gasteiger partial charge in [-0.3, -0.25) is 0 Å². The Labute approximate surface area is 61.5 Å². The van der Waals surface area contributed by atoms with E-state index in [9.17, 15) is 0 Å². The van der Waals surface area contributed by atoms with Crippen molar-refractivity contribution in [3.05, 3.63) is 24.3 Å². The zero-order chi connectivity index (χ0) is 7.56. The van der Waals surface area contributed by atoms with Crippen molar-refractivity contribution >= 4 is 0 Å². The molecule has 0 bridgehead atoms. The Balaban J connectivity index is 2.89. The van der Waals surface area contributed by atoms with E-state index in [0.29, 0.717) is 5.92 Å². The molecular weight excluding hydrogens is 124 g/mol. The van der Waals surface area contributed by atoms with E-state index in [1.165, 1.54) is 0 Å². The zero-order valence-corrected chi connectivity index (χ0v) is 6.70. The zero-order valence-electron chi connectivity index (χ0n) is 6.70. The van der Waals surface area contributed by atoms with Crippen LogP contribution in [0.25, 0.3) is 0 Å². The highest BCUT2D eigenvalue weighted by Crippen LogP contribution is 2.07. The Kier molecular flexibility index (Phi) is 2.00. The van der Waals surface area contributed by atoms with Crippen LogP contribution in [-0.2, 0) is 7.05 Å². The van der Waals surface area contributed by atoms with E-state index < -0.39 is 0 Å². The molecule has 2 nitrogen and oxygen atoms in total. The van der Waals surface area contributed by atoms with E-state index in [2.05, 4.69) is 18.8 Å². The van der Waals surface area contributed by atoms with Crippen molar-refractivity contribution in [3.63, 3.8) is 0 Å². The Bertz CT molecular complexity index is 201. The van der Waals surface area contributed by atoms with Crippen LogP contribution in [0.4, 0.5) is 0 Å². The summed E-state index contributed by atoms with van der Waals surface area (Å²) in [6.07, 6.45) is 3.84. The molecule has 0 aliphatic rings. The lowest BCUT2D eigenvalue weighted by atomic mass is 10.1. The van der Waals surface area contributed by atoms with Crippen LogP contribution in [-0.4, -0.2) is 4.98 Å². The molecule has 1 rings (SSSR count). The van der Waals surface area contributed by atoms with E-state index >= 15 is 0 Å². The van der Waals surface area contributed by atoms with Crippen LogP contribution in [0, 0.1) is 0 Å². The van der Waals surface area contributed by atoms with E-state index in [1.807, 2.05) is 30.2 Å². The number of rotatable bonds is 1. The highest BCUT2D eigenvalue weighted by Gasteiger charge is 2.04. The fourth-order valence-electron chi connectivity index (χ4n) is 0.775. The van der Waals surface area contributed by atoms with Crippen molar-refractivity contribution in [3.8, 4) is 0 Å².